The number of ether oxygens (including phenoxy) is 1. The average Bonchev–Trinajstić information content (AvgIpc) is 3.03. The normalized spacial score (nSPS) is 26.3. The van der Waals surface area contributed by atoms with Crippen molar-refractivity contribution in [2.45, 2.75) is 38.5 Å². The number of nitrogens with one attached hydrogen (secondary N) is 1. The molecule has 4 nitrogen and oxygen atoms in total. The summed E-state index contributed by atoms with van der Waals surface area (Å²) in [4.78, 5) is 5.89. The summed E-state index contributed by atoms with van der Waals surface area (Å²) in [6, 6.07) is 7.10. The lowest BCUT2D eigenvalue weighted by Crippen LogP contribution is -2.47. The molecule has 2 fully saturated rings. The van der Waals surface area contributed by atoms with E-state index in [1.807, 2.05) is 0 Å². The van der Waals surface area contributed by atoms with Gasteiger partial charge in [-0.1, -0.05) is 6.07 Å². The van der Waals surface area contributed by atoms with Crippen LogP contribution < -0.4 is 0 Å². The summed E-state index contributed by atoms with van der Waals surface area (Å²) in [5.41, 5.74) is 3.55. The Kier molecular flexibility index (Phi) is 3.36. The Morgan fingerprint density at radius 2 is 2.33 bits per heavy atom. The summed E-state index contributed by atoms with van der Waals surface area (Å²) in [7, 11) is 0. The van der Waals surface area contributed by atoms with E-state index in [2.05, 4.69) is 39.6 Å². The summed E-state index contributed by atoms with van der Waals surface area (Å²) in [6.45, 7) is 6.07. The molecule has 4 rings (SSSR count). The molecule has 0 radical (unpaired) electrons. The van der Waals surface area contributed by atoms with Crippen molar-refractivity contribution in [3.63, 3.8) is 0 Å². The van der Waals surface area contributed by atoms with E-state index in [0.717, 1.165) is 30.0 Å². The molecule has 2 unspecified atom stereocenters. The molecule has 2 aromatic rings. The van der Waals surface area contributed by atoms with Crippen LogP contribution >= 0.6 is 12.2 Å². The van der Waals surface area contributed by atoms with E-state index in [-0.39, 0.29) is 6.10 Å². The third kappa shape index (κ3) is 2.43. The van der Waals surface area contributed by atoms with Crippen molar-refractivity contribution >= 4 is 23.3 Å². The number of benzene rings is 1. The number of H-pyrrole nitrogens is 1. The van der Waals surface area contributed by atoms with Gasteiger partial charge in [0.05, 0.1) is 30.3 Å². The van der Waals surface area contributed by atoms with Gasteiger partial charge in [0.25, 0.3) is 0 Å². The summed E-state index contributed by atoms with van der Waals surface area (Å²) in [5, 5.41) is 0. The summed E-state index contributed by atoms with van der Waals surface area (Å²) >= 11 is 5.50. The predicted molar refractivity (Wildman–Crippen MR) is 86.2 cm³/mol. The van der Waals surface area contributed by atoms with Crippen LogP contribution in [0.5, 0.6) is 0 Å². The van der Waals surface area contributed by atoms with Crippen LogP contribution in [0.2, 0.25) is 0 Å². The second kappa shape index (κ2) is 5.23. The Labute approximate surface area is 129 Å². The van der Waals surface area contributed by atoms with Crippen LogP contribution in [0.4, 0.5) is 0 Å². The molecule has 2 aliphatic heterocycles. The highest BCUT2D eigenvalue weighted by Crippen LogP contribution is 2.24. The molecule has 112 valence electrons. The van der Waals surface area contributed by atoms with Crippen LogP contribution in [0.3, 0.4) is 0 Å². The number of morpholine rings is 1. The fourth-order valence-corrected chi connectivity index (χ4v) is 3.94. The monoisotopic (exact) mass is 303 g/mol. The van der Waals surface area contributed by atoms with Crippen molar-refractivity contribution in [2.75, 3.05) is 19.7 Å². The molecule has 0 bridgehead atoms. The van der Waals surface area contributed by atoms with E-state index in [9.17, 15) is 0 Å². The topological polar surface area (TPSA) is 33.2 Å². The molecule has 2 saturated heterocycles. The van der Waals surface area contributed by atoms with Crippen molar-refractivity contribution in [1.82, 2.24) is 14.5 Å². The number of aromatic amines is 1. The highest BCUT2D eigenvalue weighted by Gasteiger charge is 2.32. The van der Waals surface area contributed by atoms with E-state index >= 15 is 0 Å². The highest BCUT2D eigenvalue weighted by molar-refractivity contribution is 7.71. The van der Waals surface area contributed by atoms with E-state index in [1.54, 1.807) is 0 Å². The molecule has 3 heterocycles. The van der Waals surface area contributed by atoms with Crippen LogP contribution in [-0.2, 0) is 11.3 Å². The van der Waals surface area contributed by atoms with Gasteiger partial charge in [-0.2, -0.15) is 0 Å². The van der Waals surface area contributed by atoms with Crippen LogP contribution in [0, 0.1) is 11.7 Å². The molecule has 0 spiro atoms. The average molecular weight is 303 g/mol. The van der Waals surface area contributed by atoms with Gasteiger partial charge in [-0.3, -0.25) is 4.90 Å². The number of fused-ring (bicyclic) bond motifs is 2. The van der Waals surface area contributed by atoms with Crippen LogP contribution in [-0.4, -0.2) is 46.3 Å². The predicted octanol–water partition coefficient (Wildman–Crippen LogP) is 2.87. The summed E-state index contributed by atoms with van der Waals surface area (Å²) < 4.78 is 9.05. The molecule has 2 aliphatic rings. The molecule has 0 saturated carbocycles. The fourth-order valence-electron chi connectivity index (χ4n) is 3.66. The SMILES string of the molecule is Cc1ccc2c(c1)[nH]c(=S)n2CC1CN2CCCC2CO1. The Bertz CT molecular complexity index is 720. The lowest BCUT2D eigenvalue weighted by Gasteiger charge is -2.35. The van der Waals surface area contributed by atoms with Crippen molar-refractivity contribution in [3.8, 4) is 0 Å². The Morgan fingerprint density at radius 3 is 3.24 bits per heavy atom. The number of aryl methyl sites for hydroxylation is 1. The van der Waals surface area contributed by atoms with E-state index in [1.165, 1.54) is 30.5 Å². The number of imidazole rings is 1. The maximum absolute atomic E-state index is 6.07. The van der Waals surface area contributed by atoms with Gasteiger partial charge < -0.3 is 14.3 Å². The molecule has 21 heavy (non-hydrogen) atoms. The zero-order chi connectivity index (χ0) is 14.4. The van der Waals surface area contributed by atoms with Gasteiger partial charge in [0.2, 0.25) is 0 Å². The Morgan fingerprint density at radius 1 is 1.43 bits per heavy atom. The number of nitrogens with zero attached hydrogens (tertiary/aromatic N) is 2. The van der Waals surface area contributed by atoms with Crippen LogP contribution in [0.1, 0.15) is 18.4 Å². The molecule has 5 heteroatoms. The first-order valence-corrected chi connectivity index (χ1v) is 8.16. The maximum Gasteiger partial charge on any atom is 0.178 e. The third-order valence-corrected chi connectivity index (χ3v) is 5.10. The van der Waals surface area contributed by atoms with Crippen molar-refractivity contribution < 1.29 is 4.74 Å². The van der Waals surface area contributed by atoms with Crippen LogP contribution in [0.15, 0.2) is 18.2 Å². The summed E-state index contributed by atoms with van der Waals surface area (Å²) in [5.74, 6) is 0. The number of aromatic nitrogens is 2. The minimum Gasteiger partial charge on any atom is -0.373 e. The molecule has 0 amide bonds. The van der Waals surface area contributed by atoms with E-state index < -0.39 is 0 Å². The molecule has 1 aromatic carbocycles. The van der Waals surface area contributed by atoms with Gasteiger partial charge in [0, 0.05) is 12.6 Å². The molecule has 2 atom stereocenters. The first-order valence-electron chi connectivity index (χ1n) is 7.75. The fraction of sp³-hybridized carbons (Fsp3) is 0.562. The minimum atomic E-state index is 0.242. The number of hydrogen-bond acceptors (Lipinski definition) is 3. The smallest absolute Gasteiger partial charge is 0.178 e. The Hall–Kier alpha value is -1.17. The third-order valence-electron chi connectivity index (χ3n) is 4.78. The van der Waals surface area contributed by atoms with E-state index in [4.69, 9.17) is 17.0 Å². The van der Waals surface area contributed by atoms with Gasteiger partial charge >= 0.3 is 0 Å². The standard InChI is InChI=1S/C16H21N3OS/c1-11-4-5-15-14(7-11)17-16(21)19(15)9-13-8-18-6-2-3-12(18)10-20-13/h4-5,7,12-13H,2-3,6,8-10H2,1H3,(H,17,21). The zero-order valence-electron chi connectivity index (χ0n) is 12.3. The molecule has 1 N–H and O–H groups in total. The van der Waals surface area contributed by atoms with Gasteiger partial charge in [-0.15, -0.1) is 0 Å². The minimum absolute atomic E-state index is 0.242. The second-order valence-corrected chi connectivity index (χ2v) is 6.69. The first-order chi connectivity index (χ1) is 10.2. The lowest BCUT2D eigenvalue weighted by molar-refractivity contribution is -0.0548. The number of rotatable bonds is 2. The van der Waals surface area contributed by atoms with Crippen molar-refractivity contribution in [1.29, 1.82) is 0 Å². The molecular weight excluding hydrogens is 282 g/mol. The highest BCUT2D eigenvalue weighted by atomic mass is 32.1. The van der Waals surface area contributed by atoms with Crippen LogP contribution in [0.25, 0.3) is 11.0 Å². The van der Waals surface area contributed by atoms with Crippen molar-refractivity contribution in [3.05, 3.63) is 28.5 Å². The maximum atomic E-state index is 6.07. The molecule has 0 aliphatic carbocycles. The van der Waals surface area contributed by atoms with Gasteiger partial charge in [0.15, 0.2) is 4.77 Å². The molecule has 1 aromatic heterocycles. The number of hydrogen-bond donors (Lipinski definition) is 1. The first kappa shape index (κ1) is 13.5. The van der Waals surface area contributed by atoms with Crippen molar-refractivity contribution in [2.24, 2.45) is 0 Å². The quantitative estimate of drug-likeness (QED) is 0.866. The van der Waals surface area contributed by atoms with Gasteiger partial charge in [0.1, 0.15) is 0 Å². The largest absolute Gasteiger partial charge is 0.373 e. The zero-order valence-corrected chi connectivity index (χ0v) is 13.2. The van der Waals surface area contributed by atoms with Gasteiger partial charge in [-0.05, 0) is 56.2 Å². The van der Waals surface area contributed by atoms with Gasteiger partial charge in [-0.25, -0.2) is 0 Å². The summed E-state index contributed by atoms with van der Waals surface area (Å²) in [6.07, 6.45) is 2.84. The Balaban J connectivity index is 1.59. The lowest BCUT2D eigenvalue weighted by atomic mass is 10.2. The second-order valence-electron chi connectivity index (χ2n) is 6.31. The van der Waals surface area contributed by atoms with E-state index in [0.29, 0.717) is 6.04 Å². The molecular formula is C16H21N3OS.